The van der Waals surface area contributed by atoms with Gasteiger partial charge < -0.3 is 0 Å². The molecule has 1 atom stereocenters. The normalized spacial score (nSPS) is 16.5. The molecule has 0 saturated heterocycles. The van der Waals surface area contributed by atoms with Crippen molar-refractivity contribution in [3.8, 4) is 0 Å². The first kappa shape index (κ1) is 15.0. The minimum atomic E-state index is -0.354. The lowest BCUT2D eigenvalue weighted by atomic mass is 9.75. The van der Waals surface area contributed by atoms with Crippen molar-refractivity contribution in [2.24, 2.45) is 16.7 Å². The maximum Gasteiger partial charge on any atom is 0.227 e. The maximum atomic E-state index is 11.4. The number of halogens is 1. The molecule has 0 aromatic carbocycles. The molecule has 0 aromatic heterocycles. The highest BCUT2D eigenvalue weighted by Crippen LogP contribution is 2.36. The van der Waals surface area contributed by atoms with E-state index >= 15 is 0 Å². The van der Waals surface area contributed by atoms with Crippen LogP contribution in [0.1, 0.15) is 60.8 Å². The third-order valence-electron chi connectivity index (χ3n) is 3.35. The Bertz CT molecular complexity index is 215. The van der Waals surface area contributed by atoms with Crippen LogP contribution in [-0.4, -0.2) is 5.24 Å². The second kappa shape index (κ2) is 5.34. The summed E-state index contributed by atoms with van der Waals surface area (Å²) in [6.45, 7) is 12.8. The maximum absolute atomic E-state index is 11.4. The van der Waals surface area contributed by atoms with Crippen molar-refractivity contribution in [2.45, 2.75) is 60.8 Å². The lowest BCUT2D eigenvalue weighted by molar-refractivity contribution is -0.122. The summed E-state index contributed by atoms with van der Waals surface area (Å²) < 4.78 is 0. The average molecular weight is 233 g/mol. The quantitative estimate of drug-likeness (QED) is 0.632. The van der Waals surface area contributed by atoms with Gasteiger partial charge in [-0.3, -0.25) is 4.79 Å². The molecule has 0 rings (SSSR count). The van der Waals surface area contributed by atoms with Crippen LogP contribution in [0.2, 0.25) is 0 Å². The molecule has 0 aliphatic rings. The third-order valence-corrected chi connectivity index (χ3v) is 3.78. The molecular weight excluding hydrogens is 208 g/mol. The Morgan fingerprint density at radius 3 is 1.87 bits per heavy atom. The number of hydrogen-bond donors (Lipinski definition) is 0. The van der Waals surface area contributed by atoms with Crippen LogP contribution in [0.25, 0.3) is 0 Å². The van der Waals surface area contributed by atoms with Crippen LogP contribution in [0.5, 0.6) is 0 Å². The summed E-state index contributed by atoms with van der Waals surface area (Å²) in [4.78, 5) is 11.4. The summed E-state index contributed by atoms with van der Waals surface area (Å²) in [7, 11) is 0. The molecule has 0 bridgehead atoms. The molecule has 0 radical (unpaired) electrons. The average Bonchev–Trinajstić information content (AvgIpc) is 2.00. The van der Waals surface area contributed by atoms with Crippen molar-refractivity contribution in [2.75, 3.05) is 0 Å². The van der Waals surface area contributed by atoms with Gasteiger partial charge in [-0.2, -0.15) is 0 Å². The fourth-order valence-corrected chi connectivity index (χ4v) is 1.91. The van der Waals surface area contributed by atoms with Crippen LogP contribution in [0.4, 0.5) is 0 Å². The topological polar surface area (TPSA) is 17.1 Å². The van der Waals surface area contributed by atoms with E-state index in [9.17, 15) is 4.79 Å². The van der Waals surface area contributed by atoms with E-state index < -0.39 is 0 Å². The lowest BCUT2D eigenvalue weighted by Crippen LogP contribution is -2.30. The highest BCUT2D eigenvalue weighted by Gasteiger charge is 2.34. The van der Waals surface area contributed by atoms with E-state index in [4.69, 9.17) is 11.6 Å². The zero-order valence-corrected chi connectivity index (χ0v) is 11.7. The van der Waals surface area contributed by atoms with E-state index in [1.54, 1.807) is 0 Å². The van der Waals surface area contributed by atoms with Gasteiger partial charge in [0.25, 0.3) is 0 Å². The summed E-state index contributed by atoms with van der Waals surface area (Å²) in [5.41, 5.74) is -0.0138. The lowest BCUT2D eigenvalue weighted by Gasteiger charge is -2.31. The first-order valence-corrected chi connectivity index (χ1v) is 6.17. The van der Waals surface area contributed by atoms with Crippen molar-refractivity contribution in [1.29, 1.82) is 0 Å². The summed E-state index contributed by atoms with van der Waals surface area (Å²) in [6, 6.07) is 0. The number of rotatable bonds is 5. The van der Waals surface area contributed by atoms with Gasteiger partial charge in [0.1, 0.15) is 0 Å². The van der Waals surface area contributed by atoms with E-state index in [1.807, 2.05) is 6.92 Å². The van der Waals surface area contributed by atoms with Crippen LogP contribution in [-0.2, 0) is 4.79 Å². The fourth-order valence-electron chi connectivity index (χ4n) is 1.60. The Hall–Kier alpha value is -0.0400. The Balaban J connectivity index is 4.28. The predicted octanol–water partition coefficient (Wildman–Crippen LogP) is 4.63. The molecule has 0 heterocycles. The number of carbonyl (C=O) groups excluding carboxylic acids is 1. The Labute approximate surface area is 99.6 Å². The molecular formula is C13H25ClO. The van der Waals surface area contributed by atoms with Crippen LogP contribution in [0, 0.1) is 16.7 Å². The van der Waals surface area contributed by atoms with Gasteiger partial charge >= 0.3 is 0 Å². The summed E-state index contributed by atoms with van der Waals surface area (Å²) >= 11 is 5.69. The summed E-state index contributed by atoms with van der Waals surface area (Å²) in [6.07, 6.45) is 3.10. The highest BCUT2D eigenvalue weighted by atomic mass is 35.5. The molecule has 90 valence electrons. The second-order valence-electron chi connectivity index (χ2n) is 6.26. The molecule has 0 aliphatic carbocycles. The zero-order valence-electron chi connectivity index (χ0n) is 11.0. The first-order valence-electron chi connectivity index (χ1n) is 5.79. The van der Waals surface area contributed by atoms with Crippen molar-refractivity contribution < 1.29 is 4.79 Å². The molecule has 0 aromatic rings. The molecule has 0 fully saturated rings. The SMILES string of the molecule is CC(C)C(C)(CCCC(C)(C)C)C(=O)Cl. The van der Waals surface area contributed by atoms with Gasteiger partial charge in [-0.1, -0.05) is 48.0 Å². The molecule has 0 amide bonds. The van der Waals surface area contributed by atoms with Crippen LogP contribution in [0.15, 0.2) is 0 Å². The first-order chi connectivity index (χ1) is 6.59. The van der Waals surface area contributed by atoms with Gasteiger partial charge in [-0.15, -0.1) is 0 Å². The van der Waals surface area contributed by atoms with Gasteiger partial charge in [-0.25, -0.2) is 0 Å². The van der Waals surface area contributed by atoms with E-state index in [0.29, 0.717) is 11.3 Å². The molecule has 0 saturated carbocycles. The van der Waals surface area contributed by atoms with E-state index in [1.165, 1.54) is 0 Å². The Morgan fingerprint density at radius 2 is 1.60 bits per heavy atom. The minimum Gasteiger partial charge on any atom is -0.281 e. The zero-order chi connectivity index (χ0) is 12.3. The van der Waals surface area contributed by atoms with Crippen molar-refractivity contribution in [1.82, 2.24) is 0 Å². The van der Waals surface area contributed by atoms with Crippen molar-refractivity contribution >= 4 is 16.8 Å². The second-order valence-corrected chi connectivity index (χ2v) is 6.60. The predicted molar refractivity (Wildman–Crippen MR) is 67.1 cm³/mol. The van der Waals surface area contributed by atoms with Gasteiger partial charge in [-0.05, 0) is 35.8 Å². The van der Waals surface area contributed by atoms with Crippen LogP contribution >= 0.6 is 11.6 Å². The van der Waals surface area contributed by atoms with Gasteiger partial charge in [0.05, 0.1) is 0 Å². The molecule has 1 unspecified atom stereocenters. The minimum absolute atomic E-state index is 0.189. The van der Waals surface area contributed by atoms with E-state index in [0.717, 1.165) is 19.3 Å². The smallest absolute Gasteiger partial charge is 0.227 e. The molecule has 1 nitrogen and oxygen atoms in total. The van der Waals surface area contributed by atoms with Gasteiger partial charge in [0.15, 0.2) is 0 Å². The molecule has 0 aliphatic heterocycles. The summed E-state index contributed by atoms with van der Waals surface area (Å²) in [5, 5.41) is -0.189. The van der Waals surface area contributed by atoms with Crippen LogP contribution < -0.4 is 0 Å². The highest BCUT2D eigenvalue weighted by molar-refractivity contribution is 6.64. The number of carbonyl (C=O) groups is 1. The Kier molecular flexibility index (Phi) is 5.32. The van der Waals surface area contributed by atoms with E-state index in [2.05, 4.69) is 34.6 Å². The Morgan fingerprint density at radius 1 is 1.13 bits per heavy atom. The fraction of sp³-hybridized carbons (Fsp3) is 0.923. The standard InChI is InChI=1S/C13H25ClO/c1-10(2)13(6,11(14)15)9-7-8-12(3,4)5/h10H,7-9H2,1-6H3. The molecule has 15 heavy (non-hydrogen) atoms. The van der Waals surface area contributed by atoms with Crippen molar-refractivity contribution in [3.05, 3.63) is 0 Å². The van der Waals surface area contributed by atoms with Gasteiger partial charge in [0, 0.05) is 5.41 Å². The monoisotopic (exact) mass is 232 g/mol. The largest absolute Gasteiger partial charge is 0.281 e. The van der Waals surface area contributed by atoms with Crippen molar-refractivity contribution in [3.63, 3.8) is 0 Å². The molecule has 0 spiro atoms. The van der Waals surface area contributed by atoms with E-state index in [-0.39, 0.29) is 10.7 Å². The molecule has 0 N–H and O–H groups in total. The third kappa shape index (κ3) is 5.01. The van der Waals surface area contributed by atoms with Gasteiger partial charge in [0.2, 0.25) is 5.24 Å². The van der Waals surface area contributed by atoms with Crippen LogP contribution in [0.3, 0.4) is 0 Å². The summed E-state index contributed by atoms with van der Waals surface area (Å²) in [5.74, 6) is 0.308. The molecule has 2 heteroatoms. The number of hydrogen-bond acceptors (Lipinski definition) is 1.